The van der Waals surface area contributed by atoms with Gasteiger partial charge in [-0.05, 0) is 42.5 Å². The number of aromatic nitrogens is 5. The molecule has 0 saturated carbocycles. The number of anilines is 1. The molecule has 160 valence electrons. The topological polar surface area (TPSA) is 98.7 Å². The van der Waals surface area contributed by atoms with E-state index in [1.807, 2.05) is 28.8 Å². The predicted octanol–water partition coefficient (Wildman–Crippen LogP) is 4.46. The summed E-state index contributed by atoms with van der Waals surface area (Å²) >= 11 is 2.48. The van der Waals surface area contributed by atoms with Crippen LogP contribution < -0.4 is 5.32 Å². The number of pyridine rings is 1. The van der Waals surface area contributed by atoms with Crippen LogP contribution in [0.1, 0.15) is 5.76 Å². The Hall–Kier alpha value is -3.57. The van der Waals surface area contributed by atoms with Crippen LogP contribution in [0.4, 0.5) is 9.52 Å². The first-order valence-corrected chi connectivity index (χ1v) is 11.3. The summed E-state index contributed by atoms with van der Waals surface area (Å²) in [6.45, 7) is 0.414. The number of benzene rings is 1. The molecule has 0 unspecified atom stereocenters. The Balaban J connectivity index is 1.32. The first kappa shape index (κ1) is 20.3. The lowest BCUT2D eigenvalue weighted by molar-refractivity contribution is -0.113. The highest BCUT2D eigenvalue weighted by Crippen LogP contribution is 2.28. The number of furan rings is 1. The number of fused-ring (bicyclic) bond motifs is 1. The number of carbonyl (C=O) groups is 1. The van der Waals surface area contributed by atoms with E-state index in [0.717, 1.165) is 11.3 Å². The van der Waals surface area contributed by atoms with Crippen LogP contribution in [0.25, 0.3) is 21.6 Å². The summed E-state index contributed by atoms with van der Waals surface area (Å²) in [6, 6.07) is 11.7. The van der Waals surface area contributed by atoms with E-state index >= 15 is 0 Å². The molecule has 0 saturated heterocycles. The largest absolute Gasteiger partial charge is 0.467 e. The molecule has 0 bridgehead atoms. The van der Waals surface area contributed by atoms with Crippen LogP contribution in [-0.4, -0.2) is 36.4 Å². The molecule has 0 fully saturated rings. The molecule has 32 heavy (non-hydrogen) atoms. The lowest BCUT2D eigenvalue weighted by Crippen LogP contribution is -2.14. The molecule has 5 aromatic rings. The van der Waals surface area contributed by atoms with E-state index in [1.165, 1.54) is 35.2 Å². The third kappa shape index (κ3) is 4.39. The second kappa shape index (κ2) is 8.89. The SMILES string of the molecule is O=C(CSc1nnc(-c2cccnc2)n1Cc1ccco1)Nc1nc2ccc(F)cc2s1. The minimum absolute atomic E-state index is 0.105. The molecule has 0 radical (unpaired) electrons. The molecule has 0 aliphatic rings. The van der Waals surface area contributed by atoms with E-state index in [1.54, 1.807) is 24.7 Å². The average Bonchev–Trinajstić information content (AvgIpc) is 3.53. The first-order chi connectivity index (χ1) is 15.7. The fourth-order valence-corrected chi connectivity index (χ4v) is 4.69. The number of rotatable bonds is 7. The molecule has 8 nitrogen and oxygen atoms in total. The van der Waals surface area contributed by atoms with Gasteiger partial charge in [-0.1, -0.05) is 23.1 Å². The van der Waals surface area contributed by atoms with E-state index in [-0.39, 0.29) is 17.5 Å². The van der Waals surface area contributed by atoms with Crippen LogP contribution in [0.15, 0.2) is 70.7 Å². The van der Waals surface area contributed by atoms with Gasteiger partial charge in [-0.3, -0.25) is 14.3 Å². The summed E-state index contributed by atoms with van der Waals surface area (Å²) < 4.78 is 21.4. The van der Waals surface area contributed by atoms with Crippen molar-refractivity contribution in [1.29, 1.82) is 0 Å². The molecular weight excluding hydrogens is 451 g/mol. The molecule has 0 aliphatic carbocycles. The van der Waals surface area contributed by atoms with Gasteiger partial charge < -0.3 is 9.73 Å². The number of thiazole rings is 1. The van der Waals surface area contributed by atoms with E-state index in [9.17, 15) is 9.18 Å². The van der Waals surface area contributed by atoms with E-state index in [0.29, 0.717) is 32.9 Å². The van der Waals surface area contributed by atoms with Gasteiger partial charge in [0.2, 0.25) is 5.91 Å². The number of halogens is 1. The van der Waals surface area contributed by atoms with Crippen LogP contribution >= 0.6 is 23.1 Å². The van der Waals surface area contributed by atoms with Crippen LogP contribution in [0.3, 0.4) is 0 Å². The third-order valence-corrected chi connectivity index (χ3v) is 6.36. The minimum Gasteiger partial charge on any atom is -0.467 e. The van der Waals surface area contributed by atoms with E-state index in [2.05, 4.69) is 25.5 Å². The molecule has 1 N–H and O–H groups in total. The Morgan fingerprint density at radius 2 is 2.16 bits per heavy atom. The molecule has 0 atom stereocenters. The lowest BCUT2D eigenvalue weighted by atomic mass is 10.2. The predicted molar refractivity (Wildman–Crippen MR) is 120 cm³/mol. The summed E-state index contributed by atoms with van der Waals surface area (Å²) in [5, 5.41) is 12.3. The molecular formula is C21H15FN6O2S2. The van der Waals surface area contributed by atoms with Gasteiger partial charge in [0.05, 0.1) is 28.8 Å². The van der Waals surface area contributed by atoms with Crippen molar-refractivity contribution in [2.75, 3.05) is 11.1 Å². The summed E-state index contributed by atoms with van der Waals surface area (Å²) in [4.78, 5) is 21.0. The number of thioether (sulfide) groups is 1. The van der Waals surface area contributed by atoms with Crippen molar-refractivity contribution in [3.05, 3.63) is 72.7 Å². The Labute approximate surface area is 189 Å². The van der Waals surface area contributed by atoms with Gasteiger partial charge in [-0.25, -0.2) is 9.37 Å². The highest BCUT2D eigenvalue weighted by Gasteiger charge is 2.18. The van der Waals surface area contributed by atoms with Gasteiger partial charge in [0.15, 0.2) is 16.1 Å². The number of nitrogens with zero attached hydrogens (tertiary/aromatic N) is 5. The van der Waals surface area contributed by atoms with Crippen molar-refractivity contribution in [3.8, 4) is 11.4 Å². The zero-order valence-corrected chi connectivity index (χ0v) is 18.1. The first-order valence-electron chi connectivity index (χ1n) is 9.50. The van der Waals surface area contributed by atoms with Crippen molar-refractivity contribution in [2.45, 2.75) is 11.7 Å². The zero-order valence-electron chi connectivity index (χ0n) is 16.4. The lowest BCUT2D eigenvalue weighted by Gasteiger charge is -2.08. The van der Waals surface area contributed by atoms with Gasteiger partial charge in [-0.15, -0.1) is 10.2 Å². The Morgan fingerprint density at radius 1 is 1.22 bits per heavy atom. The van der Waals surface area contributed by atoms with Gasteiger partial charge in [-0.2, -0.15) is 0 Å². The monoisotopic (exact) mass is 466 g/mol. The van der Waals surface area contributed by atoms with Crippen molar-refractivity contribution in [2.24, 2.45) is 0 Å². The summed E-state index contributed by atoms with van der Waals surface area (Å²) in [5.41, 5.74) is 1.45. The van der Waals surface area contributed by atoms with Crippen LogP contribution in [-0.2, 0) is 11.3 Å². The number of nitrogens with one attached hydrogen (secondary N) is 1. The number of hydrogen-bond donors (Lipinski definition) is 1. The Morgan fingerprint density at radius 3 is 2.97 bits per heavy atom. The second-order valence-electron chi connectivity index (χ2n) is 6.68. The fraction of sp³-hybridized carbons (Fsp3) is 0.0952. The van der Waals surface area contributed by atoms with E-state index < -0.39 is 0 Å². The summed E-state index contributed by atoms with van der Waals surface area (Å²) in [5.74, 6) is 0.890. The van der Waals surface area contributed by atoms with Gasteiger partial charge in [0.1, 0.15) is 11.6 Å². The maximum Gasteiger partial charge on any atom is 0.236 e. The molecule has 11 heteroatoms. The van der Waals surface area contributed by atoms with Crippen LogP contribution in [0.5, 0.6) is 0 Å². The van der Waals surface area contributed by atoms with Gasteiger partial charge in [0.25, 0.3) is 0 Å². The highest BCUT2D eigenvalue weighted by atomic mass is 32.2. The minimum atomic E-state index is -0.338. The second-order valence-corrected chi connectivity index (χ2v) is 8.65. The summed E-state index contributed by atoms with van der Waals surface area (Å²) in [7, 11) is 0. The average molecular weight is 467 g/mol. The molecule has 1 amide bonds. The van der Waals surface area contributed by atoms with Gasteiger partial charge >= 0.3 is 0 Å². The normalized spacial score (nSPS) is 11.2. The maximum absolute atomic E-state index is 13.4. The number of hydrogen-bond acceptors (Lipinski definition) is 8. The molecule has 1 aromatic carbocycles. The standard InChI is InChI=1S/C21H15FN6O2S2/c22-14-5-6-16-17(9-14)32-20(24-16)25-18(29)12-31-21-27-26-19(13-3-1-7-23-10-13)28(21)11-15-4-2-8-30-15/h1-10H,11-12H2,(H,24,25,29). The molecule has 0 aliphatic heterocycles. The van der Waals surface area contributed by atoms with Gasteiger partial charge in [0, 0.05) is 18.0 Å². The third-order valence-electron chi connectivity index (χ3n) is 4.46. The summed E-state index contributed by atoms with van der Waals surface area (Å²) in [6.07, 6.45) is 5.00. The Kier molecular flexibility index (Phi) is 5.65. The van der Waals surface area contributed by atoms with Crippen molar-refractivity contribution >= 4 is 44.4 Å². The van der Waals surface area contributed by atoms with Crippen molar-refractivity contribution in [1.82, 2.24) is 24.7 Å². The zero-order chi connectivity index (χ0) is 21.9. The van der Waals surface area contributed by atoms with Crippen molar-refractivity contribution < 1.29 is 13.6 Å². The highest BCUT2D eigenvalue weighted by molar-refractivity contribution is 7.99. The van der Waals surface area contributed by atoms with Crippen LogP contribution in [0.2, 0.25) is 0 Å². The van der Waals surface area contributed by atoms with E-state index in [4.69, 9.17) is 4.42 Å². The quantitative estimate of drug-likeness (QED) is 0.354. The van der Waals surface area contributed by atoms with Crippen LogP contribution in [0, 0.1) is 5.82 Å². The number of amides is 1. The molecule has 4 heterocycles. The molecule has 5 rings (SSSR count). The fourth-order valence-electron chi connectivity index (χ4n) is 3.04. The molecule has 0 spiro atoms. The smallest absolute Gasteiger partial charge is 0.236 e. The maximum atomic E-state index is 13.4. The van der Waals surface area contributed by atoms with Crippen molar-refractivity contribution in [3.63, 3.8) is 0 Å². The Bertz CT molecular complexity index is 1370. The molecule has 4 aromatic heterocycles. The number of carbonyl (C=O) groups excluding carboxylic acids is 1.